The lowest BCUT2D eigenvalue weighted by atomic mass is 9.85. The zero-order chi connectivity index (χ0) is 29.3. The van der Waals surface area contributed by atoms with E-state index >= 15 is 0 Å². The Labute approximate surface area is 235 Å². The molecule has 0 unspecified atom stereocenters. The molecule has 2 saturated heterocycles. The summed E-state index contributed by atoms with van der Waals surface area (Å²) in [5, 5.41) is 22.4. The lowest BCUT2D eigenvalue weighted by Gasteiger charge is -2.43. The van der Waals surface area contributed by atoms with Crippen molar-refractivity contribution in [1.29, 1.82) is 0 Å². The van der Waals surface area contributed by atoms with Crippen molar-refractivity contribution in [2.45, 2.75) is 56.6 Å². The summed E-state index contributed by atoms with van der Waals surface area (Å²) in [6, 6.07) is 12.1. The number of ether oxygens (including phenoxy) is 3. The largest absolute Gasteiger partial charge is 0.449 e. The number of alkyl halides is 3. The number of aliphatic hydroxyl groups is 2. The highest BCUT2D eigenvalue weighted by atomic mass is 32.1. The van der Waals surface area contributed by atoms with Gasteiger partial charge in [-0.1, -0.05) is 12.1 Å². The minimum atomic E-state index is -4.49. The Morgan fingerprint density at radius 3 is 2.49 bits per heavy atom. The number of rotatable bonds is 5. The number of hydrogen-bond donors (Lipinski definition) is 3. The number of nitrogens with zero attached hydrogens (tertiary/aromatic N) is 1. The number of aliphatic hydroxyl groups excluding tert-OH is 1. The molecule has 0 aliphatic carbocycles. The number of H-pyrrole nitrogens is 1. The third kappa shape index (κ3) is 4.57. The molecule has 2 fully saturated rings. The van der Waals surface area contributed by atoms with E-state index in [1.165, 1.54) is 30.4 Å². The van der Waals surface area contributed by atoms with E-state index in [1.54, 1.807) is 30.3 Å². The van der Waals surface area contributed by atoms with Gasteiger partial charge in [0.15, 0.2) is 6.10 Å². The van der Waals surface area contributed by atoms with Crippen LogP contribution < -0.4 is 9.64 Å². The first-order valence-corrected chi connectivity index (χ1v) is 13.7. The smallest absolute Gasteiger partial charge is 0.418 e. The molecule has 0 saturated carbocycles. The van der Waals surface area contributed by atoms with Crippen molar-refractivity contribution in [3.63, 3.8) is 0 Å². The van der Waals surface area contributed by atoms with Gasteiger partial charge in [-0.25, -0.2) is 9.59 Å². The zero-order valence-electron chi connectivity index (χ0n) is 21.8. The number of esters is 2. The fourth-order valence-electron chi connectivity index (χ4n) is 5.52. The number of aromatic nitrogens is 1. The van der Waals surface area contributed by atoms with E-state index < -0.39 is 41.4 Å². The van der Waals surface area contributed by atoms with Crippen LogP contribution >= 0.6 is 11.3 Å². The molecule has 13 heteroatoms. The Bertz CT molecular complexity index is 1660. The molecule has 3 N–H and O–H groups in total. The number of fused-ring (bicyclic) bond motifs is 2. The van der Waals surface area contributed by atoms with Crippen molar-refractivity contribution >= 4 is 50.1 Å². The molecule has 9 nitrogen and oxygen atoms in total. The van der Waals surface area contributed by atoms with E-state index in [0.29, 0.717) is 32.8 Å². The Balaban J connectivity index is 1.27. The molecule has 0 bridgehead atoms. The molecule has 41 heavy (non-hydrogen) atoms. The van der Waals surface area contributed by atoms with E-state index in [0.717, 1.165) is 6.07 Å². The van der Waals surface area contributed by atoms with Crippen LogP contribution in [0.3, 0.4) is 0 Å². The van der Waals surface area contributed by atoms with Gasteiger partial charge in [0.2, 0.25) is 0 Å². The first-order chi connectivity index (χ1) is 19.3. The second kappa shape index (κ2) is 9.36. The van der Waals surface area contributed by atoms with Crippen molar-refractivity contribution < 1.29 is 47.2 Å². The number of hydrogen-bond acceptors (Lipinski definition) is 9. The molecule has 2 aromatic carbocycles. The SMILES string of the molecule is C[C@@H]1C[C@](O)(c2cc3c(C(F)(F)F)cccc3s2)CCN1c1cc2c(OC3([C@H](C)O)OC(=O)C(=O)O3)cccc2[nH]1. The third-order valence-corrected chi connectivity index (χ3v) is 8.87. The predicted octanol–water partition coefficient (Wildman–Crippen LogP) is 4.79. The third-order valence-electron chi connectivity index (χ3n) is 7.58. The minimum absolute atomic E-state index is 0.0836. The van der Waals surface area contributed by atoms with Crippen LogP contribution in [0.2, 0.25) is 0 Å². The standard InChI is InChI=1S/C28H25F3N2O7S/c1-14-13-26(37,22-11-16-18(27(29,30)31)5-3-8-21(16)41-22)9-10-33(14)23-12-17-19(32-23)6-4-7-20(17)38-28(15(2)34)39-24(35)25(36)40-28/h3-8,11-12,14-15,32,34,37H,9-10,13H2,1-2H3/t14-,15+,26+/m1/s1. The lowest BCUT2D eigenvalue weighted by molar-refractivity contribution is -0.313. The van der Waals surface area contributed by atoms with E-state index in [1.807, 2.05) is 11.8 Å². The molecular formula is C28H25F3N2O7S. The van der Waals surface area contributed by atoms with Crippen LogP contribution in [-0.2, 0) is 30.8 Å². The van der Waals surface area contributed by atoms with E-state index in [2.05, 4.69) is 4.98 Å². The van der Waals surface area contributed by atoms with Gasteiger partial charge in [-0.05, 0) is 56.7 Å². The van der Waals surface area contributed by atoms with E-state index in [9.17, 15) is 33.0 Å². The lowest BCUT2D eigenvalue weighted by Crippen LogP contribution is -2.48. The summed E-state index contributed by atoms with van der Waals surface area (Å²) in [5.74, 6) is -4.02. The van der Waals surface area contributed by atoms with Crippen molar-refractivity contribution in [2.75, 3.05) is 11.4 Å². The van der Waals surface area contributed by atoms with Crippen LogP contribution in [0, 0.1) is 0 Å². The van der Waals surface area contributed by atoms with E-state index in [4.69, 9.17) is 14.2 Å². The molecule has 4 heterocycles. The maximum absolute atomic E-state index is 13.6. The van der Waals surface area contributed by atoms with Crippen LogP contribution in [-0.4, -0.2) is 51.8 Å². The molecule has 2 aromatic heterocycles. The summed E-state index contributed by atoms with van der Waals surface area (Å²) in [7, 11) is 0. The summed E-state index contributed by atoms with van der Waals surface area (Å²) in [6.45, 7) is 3.57. The Morgan fingerprint density at radius 2 is 1.83 bits per heavy atom. The van der Waals surface area contributed by atoms with Crippen molar-refractivity contribution in [1.82, 2.24) is 4.98 Å². The molecule has 2 aliphatic rings. The monoisotopic (exact) mass is 590 g/mol. The van der Waals surface area contributed by atoms with Gasteiger partial charge in [0.05, 0.1) is 11.1 Å². The normalized spacial score (nSPS) is 23.6. The Hall–Kier alpha value is -3.81. The van der Waals surface area contributed by atoms with Crippen molar-refractivity contribution in [3.05, 3.63) is 59.0 Å². The van der Waals surface area contributed by atoms with Crippen LogP contribution in [0.5, 0.6) is 5.75 Å². The number of anilines is 1. The first-order valence-electron chi connectivity index (χ1n) is 12.8. The maximum Gasteiger partial charge on any atom is 0.449 e. The Morgan fingerprint density at radius 1 is 1.12 bits per heavy atom. The molecule has 4 aromatic rings. The van der Waals surface area contributed by atoms with Crippen molar-refractivity contribution in [2.24, 2.45) is 0 Å². The predicted molar refractivity (Wildman–Crippen MR) is 142 cm³/mol. The fraction of sp³-hybridized carbons (Fsp3) is 0.357. The van der Waals surface area contributed by atoms with Crippen LogP contribution in [0.15, 0.2) is 48.5 Å². The number of aromatic amines is 1. The maximum atomic E-state index is 13.6. The first kappa shape index (κ1) is 27.4. The number of cyclic esters (lactones) is 2. The molecule has 0 radical (unpaired) electrons. The Kier molecular flexibility index (Phi) is 6.25. The van der Waals surface area contributed by atoms with Gasteiger partial charge in [-0.15, -0.1) is 11.3 Å². The molecule has 0 spiro atoms. The molecule has 6 rings (SSSR count). The highest BCUT2D eigenvalue weighted by molar-refractivity contribution is 7.19. The minimum Gasteiger partial charge on any atom is -0.418 e. The number of piperidine rings is 1. The quantitative estimate of drug-likeness (QED) is 0.224. The van der Waals surface area contributed by atoms with Gasteiger partial charge in [-0.2, -0.15) is 13.2 Å². The highest BCUT2D eigenvalue weighted by Gasteiger charge is 2.56. The van der Waals surface area contributed by atoms with Gasteiger partial charge < -0.3 is 34.3 Å². The van der Waals surface area contributed by atoms with Gasteiger partial charge >= 0.3 is 24.1 Å². The average Bonchev–Trinajstić information content (AvgIpc) is 3.60. The molecule has 0 amide bonds. The molecule has 3 atom stereocenters. The number of thiophene rings is 1. The molecule has 216 valence electrons. The fourth-order valence-corrected chi connectivity index (χ4v) is 6.73. The van der Waals surface area contributed by atoms with Crippen molar-refractivity contribution in [3.8, 4) is 5.75 Å². The average molecular weight is 591 g/mol. The summed E-state index contributed by atoms with van der Waals surface area (Å²) in [6.07, 6.45) is -5.43. The van der Waals surface area contributed by atoms with Gasteiger partial charge in [-0.3, -0.25) is 0 Å². The summed E-state index contributed by atoms with van der Waals surface area (Å²) in [4.78, 5) is 29.2. The van der Waals surface area contributed by atoms with Gasteiger partial charge in [0, 0.05) is 39.4 Å². The topological polar surface area (TPSA) is 121 Å². The summed E-state index contributed by atoms with van der Waals surface area (Å²) < 4.78 is 56.8. The van der Waals surface area contributed by atoms with Gasteiger partial charge in [0.1, 0.15) is 17.2 Å². The van der Waals surface area contributed by atoms with E-state index in [-0.39, 0.29) is 30.0 Å². The summed E-state index contributed by atoms with van der Waals surface area (Å²) >= 11 is 1.17. The second-order valence-corrected chi connectivity index (χ2v) is 11.5. The summed E-state index contributed by atoms with van der Waals surface area (Å²) in [5.41, 5.74) is -1.38. The van der Waals surface area contributed by atoms with Crippen LogP contribution in [0.4, 0.5) is 19.0 Å². The number of nitrogens with one attached hydrogen (secondary N) is 1. The molecule has 2 aliphatic heterocycles. The number of carbonyl (C=O) groups is 2. The number of halogens is 3. The number of carbonyl (C=O) groups excluding carboxylic acids is 2. The van der Waals surface area contributed by atoms with Crippen LogP contribution in [0.1, 0.15) is 37.1 Å². The van der Waals surface area contributed by atoms with Crippen LogP contribution in [0.25, 0.3) is 21.0 Å². The number of benzene rings is 2. The molecular weight excluding hydrogens is 565 g/mol. The highest BCUT2D eigenvalue weighted by Crippen LogP contribution is 2.45. The zero-order valence-corrected chi connectivity index (χ0v) is 22.6. The van der Waals surface area contributed by atoms with Gasteiger partial charge in [0.25, 0.3) is 0 Å². The second-order valence-electron chi connectivity index (χ2n) is 10.4.